The van der Waals surface area contributed by atoms with Gasteiger partial charge in [-0.25, -0.2) is 4.98 Å². The monoisotopic (exact) mass is 400 g/mol. The highest BCUT2D eigenvalue weighted by atomic mass is 16.4. The maximum atomic E-state index is 6.14. The van der Waals surface area contributed by atoms with E-state index in [1.54, 1.807) is 0 Å². The Labute approximate surface area is 178 Å². The van der Waals surface area contributed by atoms with Crippen molar-refractivity contribution in [3.63, 3.8) is 0 Å². The zero-order valence-corrected chi connectivity index (χ0v) is 17.6. The number of pyridine rings is 1. The minimum Gasteiger partial charge on any atom is -0.422 e. The molecule has 0 spiro atoms. The van der Waals surface area contributed by atoms with E-state index < -0.39 is 0 Å². The average Bonchev–Trinajstić information content (AvgIpc) is 3.24. The second kappa shape index (κ2) is 8.49. The van der Waals surface area contributed by atoms with Crippen LogP contribution in [-0.2, 0) is 0 Å². The second-order valence-corrected chi connectivity index (χ2v) is 8.31. The number of piperidine rings is 2. The van der Waals surface area contributed by atoms with Crippen molar-refractivity contribution in [1.29, 1.82) is 0 Å². The molecule has 5 rings (SSSR count). The summed E-state index contributed by atoms with van der Waals surface area (Å²) in [6.07, 6.45) is 8.34. The SMILES string of the molecule is CC#Cc1cccc(-c2cnc3nc(N4CCC(N5CCCCC5)CC4)oc3c2)c1. The van der Waals surface area contributed by atoms with Crippen LogP contribution in [0.3, 0.4) is 0 Å². The molecular formula is C25H28N4O. The minimum absolute atomic E-state index is 0.677. The number of hydrogen-bond donors (Lipinski definition) is 0. The van der Waals surface area contributed by atoms with Crippen LogP contribution in [-0.4, -0.2) is 47.1 Å². The summed E-state index contributed by atoms with van der Waals surface area (Å²) in [6.45, 7) is 6.39. The topological polar surface area (TPSA) is 45.4 Å². The highest BCUT2D eigenvalue weighted by Crippen LogP contribution is 2.29. The molecule has 2 aliphatic heterocycles. The maximum Gasteiger partial charge on any atom is 0.299 e. The van der Waals surface area contributed by atoms with Gasteiger partial charge in [0.25, 0.3) is 6.01 Å². The van der Waals surface area contributed by atoms with Gasteiger partial charge in [-0.05, 0) is 69.5 Å². The lowest BCUT2D eigenvalue weighted by atomic mass is 10.0. The van der Waals surface area contributed by atoms with E-state index in [0.29, 0.717) is 17.7 Å². The van der Waals surface area contributed by atoms with Gasteiger partial charge < -0.3 is 14.2 Å². The van der Waals surface area contributed by atoms with Crippen molar-refractivity contribution in [3.05, 3.63) is 42.1 Å². The number of aromatic nitrogens is 2. The van der Waals surface area contributed by atoms with E-state index in [9.17, 15) is 0 Å². The molecule has 0 N–H and O–H groups in total. The first-order valence-electron chi connectivity index (χ1n) is 11.1. The van der Waals surface area contributed by atoms with E-state index >= 15 is 0 Å². The molecule has 0 saturated carbocycles. The Hall–Kier alpha value is -2.84. The van der Waals surface area contributed by atoms with E-state index in [2.05, 4.69) is 43.7 Å². The summed E-state index contributed by atoms with van der Waals surface area (Å²) in [7, 11) is 0. The Balaban J connectivity index is 1.32. The Morgan fingerprint density at radius 3 is 2.63 bits per heavy atom. The highest BCUT2D eigenvalue weighted by Gasteiger charge is 2.27. The van der Waals surface area contributed by atoms with Crippen LogP contribution in [0.15, 0.2) is 40.9 Å². The van der Waals surface area contributed by atoms with Crippen LogP contribution in [0.4, 0.5) is 6.01 Å². The van der Waals surface area contributed by atoms with Crippen molar-refractivity contribution in [2.24, 2.45) is 0 Å². The average molecular weight is 401 g/mol. The summed E-state index contributed by atoms with van der Waals surface area (Å²) >= 11 is 0. The third-order valence-corrected chi connectivity index (χ3v) is 6.34. The first-order valence-corrected chi connectivity index (χ1v) is 11.1. The van der Waals surface area contributed by atoms with Gasteiger partial charge in [-0.15, -0.1) is 5.92 Å². The number of benzene rings is 1. The molecule has 154 valence electrons. The summed E-state index contributed by atoms with van der Waals surface area (Å²) in [4.78, 5) is 14.2. The van der Waals surface area contributed by atoms with Gasteiger partial charge in [0.1, 0.15) is 0 Å². The molecule has 5 nitrogen and oxygen atoms in total. The van der Waals surface area contributed by atoms with E-state index in [1.807, 2.05) is 31.3 Å². The summed E-state index contributed by atoms with van der Waals surface area (Å²) < 4.78 is 6.14. The van der Waals surface area contributed by atoms with Crippen LogP contribution in [0, 0.1) is 11.8 Å². The number of hydrogen-bond acceptors (Lipinski definition) is 5. The molecule has 30 heavy (non-hydrogen) atoms. The lowest BCUT2D eigenvalue weighted by Crippen LogP contribution is -2.46. The Kier molecular flexibility index (Phi) is 5.42. The number of anilines is 1. The molecule has 0 bridgehead atoms. The zero-order valence-electron chi connectivity index (χ0n) is 17.6. The number of likely N-dealkylation sites (tertiary alicyclic amines) is 1. The van der Waals surface area contributed by atoms with Crippen LogP contribution in [0.5, 0.6) is 0 Å². The molecule has 2 aliphatic rings. The van der Waals surface area contributed by atoms with Crippen molar-refractivity contribution >= 4 is 17.2 Å². The molecule has 1 aromatic carbocycles. The first kappa shape index (κ1) is 19.1. The van der Waals surface area contributed by atoms with E-state index in [-0.39, 0.29) is 0 Å². The van der Waals surface area contributed by atoms with Crippen LogP contribution < -0.4 is 4.90 Å². The Morgan fingerprint density at radius 2 is 1.83 bits per heavy atom. The normalized spacial score (nSPS) is 18.4. The minimum atomic E-state index is 0.677. The predicted molar refractivity (Wildman–Crippen MR) is 120 cm³/mol. The molecule has 0 atom stereocenters. The molecule has 2 fully saturated rings. The van der Waals surface area contributed by atoms with Crippen molar-refractivity contribution < 1.29 is 4.42 Å². The molecule has 0 radical (unpaired) electrons. The summed E-state index contributed by atoms with van der Waals surface area (Å²) in [5.74, 6) is 6.07. The summed E-state index contributed by atoms with van der Waals surface area (Å²) in [5, 5.41) is 0. The van der Waals surface area contributed by atoms with Crippen LogP contribution >= 0.6 is 0 Å². The highest BCUT2D eigenvalue weighted by molar-refractivity contribution is 5.78. The van der Waals surface area contributed by atoms with Crippen molar-refractivity contribution in [2.45, 2.75) is 45.1 Å². The number of oxazole rings is 1. The predicted octanol–water partition coefficient (Wildman–Crippen LogP) is 4.72. The number of rotatable bonds is 3. The molecule has 0 amide bonds. The fraction of sp³-hybridized carbons (Fsp3) is 0.440. The molecule has 0 aliphatic carbocycles. The summed E-state index contributed by atoms with van der Waals surface area (Å²) in [6, 6.07) is 11.7. The van der Waals surface area contributed by atoms with Gasteiger partial charge in [0, 0.05) is 36.5 Å². The Bertz CT molecular complexity index is 1080. The van der Waals surface area contributed by atoms with Gasteiger partial charge in [-0.3, -0.25) is 0 Å². The smallest absolute Gasteiger partial charge is 0.299 e. The van der Waals surface area contributed by atoms with E-state index in [1.165, 1.54) is 45.2 Å². The van der Waals surface area contributed by atoms with Crippen LogP contribution in [0.1, 0.15) is 44.6 Å². The molecule has 0 unspecified atom stereocenters. The molecule has 2 aromatic heterocycles. The number of fused-ring (bicyclic) bond motifs is 1. The van der Waals surface area contributed by atoms with Crippen LogP contribution in [0.25, 0.3) is 22.4 Å². The molecule has 3 aromatic rings. The molecule has 5 heteroatoms. The van der Waals surface area contributed by atoms with Gasteiger partial charge in [0.2, 0.25) is 5.65 Å². The quantitative estimate of drug-likeness (QED) is 0.596. The van der Waals surface area contributed by atoms with Gasteiger partial charge in [-0.1, -0.05) is 24.5 Å². The van der Waals surface area contributed by atoms with Crippen LogP contribution in [0.2, 0.25) is 0 Å². The van der Waals surface area contributed by atoms with Crippen molar-refractivity contribution in [2.75, 3.05) is 31.1 Å². The van der Waals surface area contributed by atoms with Gasteiger partial charge in [0.15, 0.2) is 5.58 Å². The molecule has 4 heterocycles. The second-order valence-electron chi connectivity index (χ2n) is 8.31. The van der Waals surface area contributed by atoms with Gasteiger partial charge in [0.05, 0.1) is 0 Å². The first-order chi connectivity index (χ1) is 14.8. The lowest BCUT2D eigenvalue weighted by molar-refractivity contribution is 0.140. The maximum absolute atomic E-state index is 6.14. The molecular weight excluding hydrogens is 372 g/mol. The van der Waals surface area contributed by atoms with E-state index in [0.717, 1.165) is 35.4 Å². The van der Waals surface area contributed by atoms with Gasteiger partial charge in [-0.2, -0.15) is 4.98 Å². The van der Waals surface area contributed by atoms with Crippen molar-refractivity contribution in [1.82, 2.24) is 14.9 Å². The zero-order chi connectivity index (χ0) is 20.3. The largest absolute Gasteiger partial charge is 0.422 e. The fourth-order valence-corrected chi connectivity index (χ4v) is 4.73. The van der Waals surface area contributed by atoms with Gasteiger partial charge >= 0.3 is 0 Å². The number of nitrogens with zero attached hydrogens (tertiary/aromatic N) is 4. The third-order valence-electron chi connectivity index (χ3n) is 6.34. The Morgan fingerprint density at radius 1 is 1.00 bits per heavy atom. The standard InChI is InChI=1S/C25H28N4O/c1-2-7-19-8-6-9-20(16-19)21-17-23-24(26-18-21)27-25(30-23)29-14-10-22(11-15-29)28-12-4-3-5-13-28/h6,8-9,16-18,22H,3-5,10-15H2,1H3. The van der Waals surface area contributed by atoms with E-state index in [4.69, 9.17) is 4.42 Å². The lowest BCUT2D eigenvalue weighted by Gasteiger charge is -2.39. The third kappa shape index (κ3) is 3.93. The molecule has 2 saturated heterocycles. The summed E-state index contributed by atoms with van der Waals surface area (Å²) in [5.41, 5.74) is 4.53. The van der Waals surface area contributed by atoms with Crippen molar-refractivity contribution in [3.8, 4) is 23.0 Å². The fourth-order valence-electron chi connectivity index (χ4n) is 4.73.